The van der Waals surface area contributed by atoms with Crippen LogP contribution in [0.4, 0.5) is 0 Å². The summed E-state index contributed by atoms with van der Waals surface area (Å²) < 4.78 is 17.8. The zero-order valence-electron chi connectivity index (χ0n) is 20.1. The molecule has 0 N–H and O–H groups in total. The number of rotatable bonds is 11. The van der Waals surface area contributed by atoms with Crippen molar-refractivity contribution >= 4 is 26.4 Å². The molecule has 0 spiro atoms. The van der Waals surface area contributed by atoms with Crippen LogP contribution in [0.2, 0.25) is 18.1 Å². The van der Waals surface area contributed by atoms with E-state index in [0.717, 1.165) is 32.0 Å². The zero-order chi connectivity index (χ0) is 23.4. The predicted molar refractivity (Wildman–Crippen MR) is 122 cm³/mol. The first-order valence-corrected chi connectivity index (χ1v) is 14.2. The zero-order valence-corrected chi connectivity index (χ0v) is 21.1. The second-order valence-corrected chi connectivity index (χ2v) is 14.9. The molecule has 0 aromatic heterocycles. The largest absolute Gasteiger partial charge is 0.454 e. The molecule has 0 aromatic rings. The number of hydrogen-bond acceptors (Lipinski definition) is 6. The molecule has 1 fully saturated rings. The number of Topliss-reactive ketones (excluding diaryl/α,β-unsaturated/α-hetero) is 1. The lowest BCUT2D eigenvalue weighted by Gasteiger charge is -2.37. The van der Waals surface area contributed by atoms with Gasteiger partial charge in [-0.2, -0.15) is 0 Å². The third-order valence-corrected chi connectivity index (χ3v) is 11.2. The van der Waals surface area contributed by atoms with Gasteiger partial charge in [0, 0.05) is 24.5 Å². The van der Waals surface area contributed by atoms with Crippen LogP contribution in [0.3, 0.4) is 0 Å². The van der Waals surface area contributed by atoms with Crippen molar-refractivity contribution in [1.82, 2.24) is 0 Å². The minimum Gasteiger partial charge on any atom is -0.454 e. The number of hydrogen-bond donors (Lipinski definition) is 0. The van der Waals surface area contributed by atoms with Crippen LogP contribution in [0, 0.1) is 0 Å². The van der Waals surface area contributed by atoms with Crippen LogP contribution in [-0.2, 0) is 28.3 Å². The van der Waals surface area contributed by atoms with Gasteiger partial charge in [0.1, 0.15) is 6.29 Å². The van der Waals surface area contributed by atoms with Gasteiger partial charge < -0.3 is 18.7 Å². The summed E-state index contributed by atoms with van der Waals surface area (Å²) in [5, 5.41) is -0.00588. The van der Waals surface area contributed by atoms with Crippen molar-refractivity contribution in [2.75, 3.05) is 6.61 Å². The highest BCUT2D eigenvalue weighted by Gasteiger charge is 2.70. The van der Waals surface area contributed by atoms with Gasteiger partial charge in [-0.1, -0.05) is 52.7 Å². The SMILES string of the molecule is CCCCC/C=C/C1=C(CO[Si](C)(C)C(C)(C)C)C(=O)[C@@H]2O[C@]2(CC=O)[C@H]1OC(C)=O. The Morgan fingerprint density at radius 3 is 2.48 bits per heavy atom. The first-order chi connectivity index (χ1) is 14.4. The summed E-state index contributed by atoms with van der Waals surface area (Å²) in [6, 6.07) is 0. The highest BCUT2D eigenvalue weighted by Crippen LogP contribution is 2.52. The molecular formula is C24H38O6Si. The van der Waals surface area contributed by atoms with Crippen LogP contribution in [-0.4, -0.2) is 50.8 Å². The highest BCUT2D eigenvalue weighted by atomic mass is 28.4. The van der Waals surface area contributed by atoms with E-state index in [1.807, 2.05) is 12.2 Å². The summed E-state index contributed by atoms with van der Waals surface area (Å²) in [4.78, 5) is 36.5. The van der Waals surface area contributed by atoms with Gasteiger partial charge >= 0.3 is 5.97 Å². The Labute approximate surface area is 187 Å². The van der Waals surface area contributed by atoms with Crippen LogP contribution in [0.1, 0.15) is 66.7 Å². The van der Waals surface area contributed by atoms with Gasteiger partial charge in [0.25, 0.3) is 0 Å². The molecule has 0 unspecified atom stereocenters. The van der Waals surface area contributed by atoms with Gasteiger partial charge in [-0.05, 0) is 31.0 Å². The number of ether oxygens (including phenoxy) is 2. The average molecular weight is 451 g/mol. The summed E-state index contributed by atoms with van der Waals surface area (Å²) in [5.74, 6) is -0.641. The molecule has 1 aliphatic heterocycles. The quantitative estimate of drug-likeness (QED) is 0.149. The van der Waals surface area contributed by atoms with Crippen molar-refractivity contribution in [3.63, 3.8) is 0 Å². The van der Waals surface area contributed by atoms with Crippen molar-refractivity contribution in [3.05, 3.63) is 23.3 Å². The van der Waals surface area contributed by atoms with Crippen molar-refractivity contribution in [2.24, 2.45) is 0 Å². The minimum atomic E-state index is -2.11. The van der Waals surface area contributed by atoms with E-state index in [0.29, 0.717) is 11.1 Å². The van der Waals surface area contributed by atoms with Crippen molar-refractivity contribution in [1.29, 1.82) is 0 Å². The van der Waals surface area contributed by atoms with E-state index in [1.54, 1.807) is 0 Å². The Morgan fingerprint density at radius 2 is 1.94 bits per heavy atom. The third kappa shape index (κ3) is 5.62. The lowest BCUT2D eigenvalue weighted by atomic mass is 9.78. The molecule has 6 nitrogen and oxygen atoms in total. The number of aldehydes is 1. The van der Waals surface area contributed by atoms with Gasteiger partial charge in [0.05, 0.1) is 6.61 Å². The molecule has 2 aliphatic rings. The molecule has 3 atom stereocenters. The molecule has 1 heterocycles. The van der Waals surface area contributed by atoms with Gasteiger partial charge in [-0.25, -0.2) is 0 Å². The highest BCUT2D eigenvalue weighted by molar-refractivity contribution is 6.74. The number of carbonyl (C=O) groups is 3. The summed E-state index contributed by atoms with van der Waals surface area (Å²) >= 11 is 0. The molecular weight excluding hydrogens is 412 g/mol. The lowest BCUT2D eigenvalue weighted by molar-refractivity contribution is -0.148. The molecule has 0 amide bonds. The van der Waals surface area contributed by atoms with Crippen LogP contribution in [0.15, 0.2) is 23.3 Å². The smallest absolute Gasteiger partial charge is 0.303 e. The van der Waals surface area contributed by atoms with E-state index in [2.05, 4.69) is 40.8 Å². The average Bonchev–Trinajstić information content (AvgIpc) is 3.39. The van der Waals surface area contributed by atoms with Gasteiger partial charge in [-0.3, -0.25) is 9.59 Å². The van der Waals surface area contributed by atoms with Crippen molar-refractivity contribution < 1.29 is 28.3 Å². The van der Waals surface area contributed by atoms with Crippen LogP contribution < -0.4 is 0 Å². The summed E-state index contributed by atoms with van der Waals surface area (Å²) in [6.07, 6.45) is 7.20. The number of carbonyl (C=O) groups excluding carboxylic acids is 3. The molecule has 0 aromatic carbocycles. The number of fused-ring (bicyclic) bond motifs is 1. The second kappa shape index (κ2) is 9.92. The molecule has 1 saturated heterocycles. The van der Waals surface area contributed by atoms with E-state index in [-0.39, 0.29) is 23.8 Å². The molecule has 1 aliphatic carbocycles. The van der Waals surface area contributed by atoms with Gasteiger partial charge in [-0.15, -0.1) is 0 Å². The maximum absolute atomic E-state index is 13.3. The Hall–Kier alpha value is -1.57. The van der Waals surface area contributed by atoms with E-state index < -0.39 is 32.1 Å². The topological polar surface area (TPSA) is 82.2 Å². The predicted octanol–water partition coefficient (Wildman–Crippen LogP) is 4.68. The number of epoxide rings is 1. The normalized spacial score (nSPS) is 26.2. The number of ketones is 1. The van der Waals surface area contributed by atoms with E-state index >= 15 is 0 Å². The third-order valence-electron chi connectivity index (χ3n) is 6.68. The molecule has 0 saturated carbocycles. The Balaban J connectivity index is 2.44. The number of unbranched alkanes of at least 4 members (excludes halogenated alkanes) is 3. The summed E-state index contributed by atoms with van der Waals surface area (Å²) in [7, 11) is -2.11. The molecule has 174 valence electrons. The Kier molecular flexibility index (Phi) is 8.22. The van der Waals surface area contributed by atoms with Crippen LogP contribution >= 0.6 is 0 Å². The fourth-order valence-corrected chi connectivity index (χ4v) is 4.58. The van der Waals surface area contributed by atoms with Crippen molar-refractivity contribution in [2.45, 2.75) is 103 Å². The van der Waals surface area contributed by atoms with E-state index in [9.17, 15) is 14.4 Å². The first kappa shape index (κ1) is 25.7. The maximum Gasteiger partial charge on any atom is 0.303 e. The molecule has 31 heavy (non-hydrogen) atoms. The summed E-state index contributed by atoms with van der Waals surface area (Å²) in [5.41, 5.74) is 0.00601. The standard InChI is InChI=1S/C24H38O6Si/c1-8-9-10-11-12-13-18-19(16-28-31(6,7)23(3,4)5)20(27)22-24(30-22,14-15-25)21(18)29-17(2)26/h12-13,15,21-22H,8-11,14,16H2,1-7H3/b13-12+/t21-,22-,24+/m0/s1. The van der Waals surface area contributed by atoms with Crippen LogP contribution in [0.25, 0.3) is 0 Å². The maximum atomic E-state index is 13.3. The van der Waals surface area contributed by atoms with Crippen LogP contribution in [0.5, 0.6) is 0 Å². The van der Waals surface area contributed by atoms with Crippen molar-refractivity contribution in [3.8, 4) is 0 Å². The fraction of sp³-hybridized carbons (Fsp3) is 0.708. The monoisotopic (exact) mass is 450 g/mol. The Morgan fingerprint density at radius 1 is 1.26 bits per heavy atom. The van der Waals surface area contributed by atoms with E-state index in [1.165, 1.54) is 6.92 Å². The van der Waals surface area contributed by atoms with Gasteiger partial charge in [0.2, 0.25) is 0 Å². The minimum absolute atomic E-state index is 0.00486. The lowest BCUT2D eigenvalue weighted by Crippen LogP contribution is -2.46. The molecule has 2 rings (SSSR count). The Bertz CT molecular complexity index is 761. The first-order valence-electron chi connectivity index (χ1n) is 11.3. The number of esters is 1. The molecule has 7 heteroatoms. The second-order valence-electron chi connectivity index (χ2n) is 10.1. The number of allylic oxidation sites excluding steroid dienone is 1. The van der Waals surface area contributed by atoms with E-state index in [4.69, 9.17) is 13.9 Å². The van der Waals surface area contributed by atoms with Gasteiger partial charge in [0.15, 0.2) is 31.9 Å². The summed E-state index contributed by atoms with van der Waals surface area (Å²) in [6.45, 7) is 14.3. The molecule has 0 bridgehead atoms. The fourth-order valence-electron chi connectivity index (χ4n) is 3.64. The molecule has 0 radical (unpaired) electrons.